The van der Waals surface area contributed by atoms with E-state index in [1.807, 2.05) is 36.4 Å². The lowest BCUT2D eigenvalue weighted by Gasteiger charge is -2.14. The van der Waals surface area contributed by atoms with Crippen LogP contribution in [-0.4, -0.2) is 13.1 Å². The molecule has 1 rings (SSSR count). The molecule has 1 unspecified atom stereocenters. The fourth-order valence-corrected chi connectivity index (χ4v) is 1.89. The van der Waals surface area contributed by atoms with Gasteiger partial charge in [-0.25, -0.2) is 0 Å². The van der Waals surface area contributed by atoms with Gasteiger partial charge in [-0.05, 0) is 24.8 Å². The molecule has 0 aromatic heterocycles. The van der Waals surface area contributed by atoms with Gasteiger partial charge in [-0.2, -0.15) is 0 Å². The van der Waals surface area contributed by atoms with Crippen molar-refractivity contribution in [1.29, 1.82) is 0 Å². The minimum absolute atomic E-state index is 0.133. The third-order valence-corrected chi connectivity index (χ3v) is 2.84. The number of rotatable bonds is 7. The highest BCUT2D eigenvalue weighted by molar-refractivity contribution is 5.77. The quantitative estimate of drug-likeness (QED) is 0.407. The number of ether oxygens (including phenoxy) is 1. The molecular formula is C15H20O2. The van der Waals surface area contributed by atoms with Crippen LogP contribution in [0.15, 0.2) is 43.0 Å². The Morgan fingerprint density at radius 2 is 2.06 bits per heavy atom. The van der Waals surface area contributed by atoms with Gasteiger partial charge in [0.2, 0.25) is 0 Å². The summed E-state index contributed by atoms with van der Waals surface area (Å²) < 4.78 is 4.86. The van der Waals surface area contributed by atoms with Gasteiger partial charge in [-0.15, -0.1) is 6.58 Å². The van der Waals surface area contributed by atoms with Gasteiger partial charge in [-0.3, -0.25) is 4.79 Å². The summed E-state index contributed by atoms with van der Waals surface area (Å²) in [5.41, 5.74) is 1.04. The van der Waals surface area contributed by atoms with Crippen molar-refractivity contribution in [1.82, 2.24) is 0 Å². The lowest BCUT2D eigenvalue weighted by atomic mass is 9.93. The van der Waals surface area contributed by atoms with Crippen LogP contribution < -0.4 is 0 Å². The Balaban J connectivity index is 2.61. The first kappa shape index (κ1) is 13.5. The first-order valence-electron chi connectivity index (χ1n) is 6.03. The molecule has 0 bridgehead atoms. The van der Waals surface area contributed by atoms with Gasteiger partial charge in [0.1, 0.15) is 0 Å². The molecule has 2 heteroatoms. The molecule has 0 heterocycles. The Kier molecular flexibility index (Phi) is 6.08. The van der Waals surface area contributed by atoms with Crippen LogP contribution in [0, 0.1) is 0 Å². The summed E-state index contributed by atoms with van der Waals surface area (Å²) in [6.45, 7) is 3.70. The third-order valence-electron chi connectivity index (χ3n) is 2.84. The number of carbonyl (C=O) groups is 1. The van der Waals surface area contributed by atoms with Gasteiger partial charge in [0, 0.05) is 0 Å². The van der Waals surface area contributed by atoms with Crippen molar-refractivity contribution in [2.45, 2.75) is 31.6 Å². The fraction of sp³-hybridized carbons (Fsp3) is 0.400. The molecule has 1 aromatic carbocycles. The molecule has 0 fully saturated rings. The van der Waals surface area contributed by atoms with Crippen molar-refractivity contribution in [2.75, 3.05) is 7.11 Å². The van der Waals surface area contributed by atoms with Crippen LogP contribution in [0.1, 0.15) is 37.2 Å². The van der Waals surface area contributed by atoms with Crippen molar-refractivity contribution >= 4 is 5.97 Å². The molecular weight excluding hydrogens is 212 g/mol. The summed E-state index contributed by atoms with van der Waals surface area (Å²) in [4.78, 5) is 11.7. The summed E-state index contributed by atoms with van der Waals surface area (Å²) in [7, 11) is 1.45. The number of unbranched alkanes of at least 4 members (excludes halogenated alkanes) is 2. The maximum absolute atomic E-state index is 11.7. The highest BCUT2D eigenvalue weighted by Crippen LogP contribution is 2.23. The highest BCUT2D eigenvalue weighted by Gasteiger charge is 2.20. The van der Waals surface area contributed by atoms with Crippen LogP contribution in [0.4, 0.5) is 0 Å². The second-order valence-corrected chi connectivity index (χ2v) is 4.06. The van der Waals surface area contributed by atoms with E-state index in [1.165, 1.54) is 7.11 Å². The van der Waals surface area contributed by atoms with Crippen LogP contribution in [0.3, 0.4) is 0 Å². The number of benzene rings is 1. The third kappa shape index (κ3) is 4.43. The molecule has 0 radical (unpaired) electrons. The standard InChI is InChI=1S/C15H20O2/c1-3-4-5-9-12-14(15(16)17-2)13-10-7-6-8-11-13/h3,6-8,10-11,14H,1,4-5,9,12H2,2H3. The van der Waals surface area contributed by atoms with E-state index in [4.69, 9.17) is 4.74 Å². The molecule has 0 N–H and O–H groups in total. The molecule has 0 spiro atoms. The van der Waals surface area contributed by atoms with Gasteiger partial charge in [0.25, 0.3) is 0 Å². The van der Waals surface area contributed by atoms with E-state index in [2.05, 4.69) is 6.58 Å². The molecule has 0 aliphatic rings. The Morgan fingerprint density at radius 1 is 1.35 bits per heavy atom. The van der Waals surface area contributed by atoms with E-state index in [0.29, 0.717) is 0 Å². The first-order valence-corrected chi connectivity index (χ1v) is 6.03. The maximum Gasteiger partial charge on any atom is 0.313 e. The summed E-state index contributed by atoms with van der Waals surface area (Å²) in [5.74, 6) is -0.277. The minimum Gasteiger partial charge on any atom is -0.469 e. The predicted molar refractivity (Wildman–Crippen MR) is 69.9 cm³/mol. The molecule has 0 aliphatic heterocycles. The second kappa shape index (κ2) is 7.66. The van der Waals surface area contributed by atoms with E-state index in [1.54, 1.807) is 0 Å². The Labute approximate surface area is 103 Å². The molecule has 2 nitrogen and oxygen atoms in total. The van der Waals surface area contributed by atoms with Gasteiger partial charge in [0.05, 0.1) is 13.0 Å². The smallest absolute Gasteiger partial charge is 0.313 e. The zero-order valence-electron chi connectivity index (χ0n) is 10.4. The van der Waals surface area contributed by atoms with Crippen molar-refractivity contribution in [3.05, 3.63) is 48.6 Å². The zero-order chi connectivity index (χ0) is 12.5. The van der Waals surface area contributed by atoms with E-state index in [-0.39, 0.29) is 11.9 Å². The van der Waals surface area contributed by atoms with E-state index in [9.17, 15) is 4.79 Å². The lowest BCUT2D eigenvalue weighted by Crippen LogP contribution is -2.14. The average Bonchev–Trinajstić information content (AvgIpc) is 2.39. The molecule has 17 heavy (non-hydrogen) atoms. The monoisotopic (exact) mass is 232 g/mol. The van der Waals surface area contributed by atoms with Gasteiger partial charge in [-0.1, -0.05) is 42.8 Å². The van der Waals surface area contributed by atoms with Crippen molar-refractivity contribution < 1.29 is 9.53 Å². The van der Waals surface area contributed by atoms with Gasteiger partial charge < -0.3 is 4.74 Å². The number of allylic oxidation sites excluding steroid dienone is 1. The van der Waals surface area contributed by atoms with Gasteiger partial charge >= 0.3 is 5.97 Å². The van der Waals surface area contributed by atoms with E-state index >= 15 is 0 Å². The lowest BCUT2D eigenvalue weighted by molar-refractivity contribution is -0.142. The van der Waals surface area contributed by atoms with Crippen LogP contribution in [0.25, 0.3) is 0 Å². The molecule has 92 valence electrons. The molecule has 0 saturated heterocycles. The molecule has 0 aliphatic carbocycles. The predicted octanol–water partition coefficient (Wildman–Crippen LogP) is 3.69. The number of hydrogen-bond acceptors (Lipinski definition) is 2. The largest absolute Gasteiger partial charge is 0.469 e. The summed E-state index contributed by atoms with van der Waals surface area (Å²) >= 11 is 0. The molecule has 0 amide bonds. The van der Waals surface area contributed by atoms with E-state index in [0.717, 1.165) is 31.2 Å². The van der Waals surface area contributed by atoms with Crippen molar-refractivity contribution in [2.24, 2.45) is 0 Å². The van der Waals surface area contributed by atoms with Crippen molar-refractivity contribution in [3.8, 4) is 0 Å². The Bertz CT molecular complexity index is 343. The number of methoxy groups -OCH3 is 1. The normalized spacial score (nSPS) is 11.8. The Hall–Kier alpha value is -1.57. The topological polar surface area (TPSA) is 26.3 Å². The first-order chi connectivity index (χ1) is 8.29. The number of esters is 1. The van der Waals surface area contributed by atoms with Crippen LogP contribution in [-0.2, 0) is 9.53 Å². The van der Waals surface area contributed by atoms with Crippen LogP contribution in [0.2, 0.25) is 0 Å². The summed E-state index contributed by atoms with van der Waals surface area (Å²) in [6.07, 6.45) is 5.84. The molecule has 0 saturated carbocycles. The molecule has 1 aromatic rings. The fourth-order valence-electron chi connectivity index (χ4n) is 1.89. The van der Waals surface area contributed by atoms with E-state index < -0.39 is 0 Å². The number of hydrogen-bond donors (Lipinski definition) is 0. The van der Waals surface area contributed by atoms with Gasteiger partial charge in [0.15, 0.2) is 0 Å². The van der Waals surface area contributed by atoms with Crippen molar-refractivity contribution in [3.63, 3.8) is 0 Å². The minimum atomic E-state index is -0.144. The maximum atomic E-state index is 11.7. The molecule has 1 atom stereocenters. The second-order valence-electron chi connectivity index (χ2n) is 4.06. The Morgan fingerprint density at radius 3 is 2.65 bits per heavy atom. The van der Waals surface area contributed by atoms with Crippen LogP contribution >= 0.6 is 0 Å². The zero-order valence-corrected chi connectivity index (χ0v) is 10.4. The summed E-state index contributed by atoms with van der Waals surface area (Å²) in [6, 6.07) is 9.82. The average molecular weight is 232 g/mol. The SMILES string of the molecule is C=CCCCCC(C(=O)OC)c1ccccc1. The number of carbonyl (C=O) groups excluding carboxylic acids is 1. The highest BCUT2D eigenvalue weighted by atomic mass is 16.5. The van der Waals surface area contributed by atoms with Crippen LogP contribution in [0.5, 0.6) is 0 Å². The summed E-state index contributed by atoms with van der Waals surface area (Å²) in [5, 5.41) is 0.